The Morgan fingerprint density at radius 1 is 0.944 bits per heavy atom. The molecule has 0 aliphatic rings. The van der Waals surface area contributed by atoms with Gasteiger partial charge in [-0.15, -0.1) is 0 Å². The minimum atomic E-state index is -0.958. The van der Waals surface area contributed by atoms with Crippen LogP contribution in [-0.2, 0) is 9.53 Å². The molecule has 5 N–H and O–H groups in total. The van der Waals surface area contributed by atoms with Crippen LogP contribution in [0, 0.1) is 0 Å². The molecule has 0 fully saturated rings. The number of amides is 3. The van der Waals surface area contributed by atoms with Gasteiger partial charge in [-0.25, -0.2) is 4.79 Å². The van der Waals surface area contributed by atoms with E-state index in [1.54, 1.807) is 78.9 Å². The number of carbonyl (C=O) groups excluding carboxylic acids is 3. The van der Waals surface area contributed by atoms with Crippen LogP contribution in [0.2, 0.25) is 0 Å². The summed E-state index contributed by atoms with van der Waals surface area (Å²) in [7, 11) is 0. The van der Waals surface area contributed by atoms with Crippen molar-refractivity contribution in [1.82, 2.24) is 5.32 Å². The minimum Gasteiger partial charge on any atom is -0.491 e. The monoisotopic (exact) mass is 489 g/mol. The standard InChI is InChI=1S/C27H27N3O6/c28-21-12-5-6-13-22(21)29-25(32)16-8-15-24(20-11-4-7-14-23(20)35-18-17-31)36-27(34)30-26(33)19-9-2-1-3-10-19/h1-14,16,24,31H,15,17-18,28H2,(H,29,32)(H,30,33,34)/b16-8+/t24-/m1/s1. The normalized spacial score (nSPS) is 11.5. The Kier molecular flexibility index (Phi) is 9.60. The van der Waals surface area contributed by atoms with E-state index in [4.69, 9.17) is 20.3 Å². The number of hydrogen-bond donors (Lipinski definition) is 4. The molecule has 0 aromatic heterocycles. The Bertz CT molecular complexity index is 1210. The van der Waals surface area contributed by atoms with Gasteiger partial charge in [-0.1, -0.05) is 54.6 Å². The van der Waals surface area contributed by atoms with E-state index in [-0.39, 0.29) is 19.6 Å². The second kappa shape index (κ2) is 13.3. The summed E-state index contributed by atoms with van der Waals surface area (Å²) in [4.78, 5) is 37.2. The van der Waals surface area contributed by atoms with Gasteiger partial charge >= 0.3 is 6.09 Å². The highest BCUT2D eigenvalue weighted by molar-refractivity contribution is 6.03. The van der Waals surface area contributed by atoms with Gasteiger partial charge in [-0.2, -0.15) is 0 Å². The maximum atomic E-state index is 12.6. The predicted octanol–water partition coefficient (Wildman–Crippen LogP) is 3.83. The number of rotatable bonds is 10. The fraction of sp³-hybridized carbons (Fsp3) is 0.148. The average Bonchev–Trinajstić information content (AvgIpc) is 2.89. The van der Waals surface area contributed by atoms with E-state index in [0.717, 1.165) is 0 Å². The number of imide groups is 1. The topological polar surface area (TPSA) is 140 Å². The third kappa shape index (κ3) is 7.71. The lowest BCUT2D eigenvalue weighted by Crippen LogP contribution is -2.32. The maximum absolute atomic E-state index is 12.6. The minimum absolute atomic E-state index is 0.0408. The molecule has 36 heavy (non-hydrogen) atoms. The molecule has 3 aromatic carbocycles. The van der Waals surface area contributed by atoms with Crippen molar-refractivity contribution >= 4 is 29.3 Å². The van der Waals surface area contributed by atoms with Gasteiger partial charge in [0.25, 0.3) is 5.91 Å². The Morgan fingerprint density at radius 2 is 1.64 bits per heavy atom. The van der Waals surface area contributed by atoms with Crippen molar-refractivity contribution in [2.75, 3.05) is 24.3 Å². The second-order valence-corrected chi connectivity index (χ2v) is 7.54. The van der Waals surface area contributed by atoms with Crippen LogP contribution in [0.15, 0.2) is 91.0 Å². The van der Waals surface area contributed by atoms with Gasteiger partial charge in [0.15, 0.2) is 0 Å². The zero-order chi connectivity index (χ0) is 25.8. The molecule has 186 valence electrons. The average molecular weight is 490 g/mol. The number of para-hydroxylation sites is 3. The van der Waals surface area contributed by atoms with Crippen LogP contribution >= 0.6 is 0 Å². The van der Waals surface area contributed by atoms with Gasteiger partial charge < -0.3 is 25.6 Å². The Balaban J connectivity index is 1.73. The molecular weight excluding hydrogens is 462 g/mol. The van der Waals surface area contributed by atoms with Gasteiger partial charge in [0, 0.05) is 17.5 Å². The lowest BCUT2D eigenvalue weighted by Gasteiger charge is -2.20. The zero-order valence-electron chi connectivity index (χ0n) is 19.4. The number of anilines is 2. The molecule has 9 nitrogen and oxygen atoms in total. The summed E-state index contributed by atoms with van der Waals surface area (Å²) in [6.07, 6.45) is 1.08. The molecule has 0 saturated heterocycles. The van der Waals surface area contributed by atoms with Crippen LogP contribution in [0.3, 0.4) is 0 Å². The molecule has 0 heterocycles. The highest BCUT2D eigenvalue weighted by atomic mass is 16.6. The predicted molar refractivity (Wildman–Crippen MR) is 135 cm³/mol. The molecule has 0 aliphatic carbocycles. The van der Waals surface area contributed by atoms with Gasteiger partial charge in [-0.05, 0) is 36.4 Å². The number of alkyl carbamates (subject to hydrolysis) is 1. The van der Waals surface area contributed by atoms with Crippen LogP contribution in [-0.4, -0.2) is 36.2 Å². The van der Waals surface area contributed by atoms with Crippen LogP contribution in [0.25, 0.3) is 0 Å². The highest BCUT2D eigenvalue weighted by Gasteiger charge is 2.21. The first-order valence-corrected chi connectivity index (χ1v) is 11.2. The first kappa shape index (κ1) is 26.0. The molecule has 0 aliphatic heterocycles. The van der Waals surface area contributed by atoms with E-state index in [1.165, 1.54) is 12.2 Å². The van der Waals surface area contributed by atoms with Crippen LogP contribution < -0.4 is 21.1 Å². The number of nitrogens with two attached hydrogens (primary N) is 1. The number of benzene rings is 3. The zero-order valence-corrected chi connectivity index (χ0v) is 19.4. The van der Waals surface area contributed by atoms with E-state index in [9.17, 15) is 14.4 Å². The van der Waals surface area contributed by atoms with Crippen molar-refractivity contribution in [2.45, 2.75) is 12.5 Å². The van der Waals surface area contributed by atoms with E-state index in [2.05, 4.69) is 10.6 Å². The smallest absolute Gasteiger partial charge is 0.414 e. The first-order chi connectivity index (χ1) is 17.5. The molecule has 0 saturated carbocycles. The third-order valence-electron chi connectivity index (χ3n) is 4.95. The SMILES string of the molecule is Nc1ccccc1NC(=O)/C=C/C[C@@H](OC(=O)NC(=O)c1ccccc1)c1ccccc1OCCO. The lowest BCUT2D eigenvalue weighted by molar-refractivity contribution is -0.111. The van der Waals surface area contributed by atoms with Gasteiger partial charge in [0.1, 0.15) is 18.5 Å². The number of nitrogen functional groups attached to an aromatic ring is 1. The third-order valence-corrected chi connectivity index (χ3v) is 4.95. The number of ether oxygens (including phenoxy) is 2. The van der Waals surface area contributed by atoms with Crippen LogP contribution in [0.4, 0.5) is 16.2 Å². The summed E-state index contributed by atoms with van der Waals surface area (Å²) in [5.74, 6) is -0.631. The second-order valence-electron chi connectivity index (χ2n) is 7.54. The fourth-order valence-electron chi connectivity index (χ4n) is 3.27. The largest absolute Gasteiger partial charge is 0.491 e. The number of nitrogens with one attached hydrogen (secondary N) is 2. The summed E-state index contributed by atoms with van der Waals surface area (Å²) in [6.45, 7) is -0.159. The molecule has 3 amide bonds. The Hall–Kier alpha value is -4.63. The molecule has 3 rings (SSSR count). The molecule has 0 spiro atoms. The van der Waals surface area contributed by atoms with Crippen molar-refractivity contribution in [2.24, 2.45) is 0 Å². The molecular formula is C27H27N3O6. The van der Waals surface area contributed by atoms with Crippen molar-refractivity contribution in [3.63, 3.8) is 0 Å². The Labute approximate surface area is 208 Å². The molecule has 1 atom stereocenters. The lowest BCUT2D eigenvalue weighted by atomic mass is 10.0. The van der Waals surface area contributed by atoms with Crippen LogP contribution in [0.5, 0.6) is 5.75 Å². The van der Waals surface area contributed by atoms with Crippen LogP contribution in [0.1, 0.15) is 28.4 Å². The fourth-order valence-corrected chi connectivity index (χ4v) is 3.27. The highest BCUT2D eigenvalue weighted by Crippen LogP contribution is 2.30. The van der Waals surface area contributed by atoms with Crippen molar-refractivity contribution in [1.29, 1.82) is 0 Å². The van der Waals surface area contributed by atoms with E-state index < -0.39 is 24.0 Å². The summed E-state index contributed by atoms with van der Waals surface area (Å²) in [5.41, 5.74) is 7.56. The van der Waals surface area contributed by atoms with E-state index in [0.29, 0.717) is 28.3 Å². The van der Waals surface area contributed by atoms with Gasteiger partial charge in [0.2, 0.25) is 5.91 Å². The number of hydrogen-bond acceptors (Lipinski definition) is 7. The molecule has 3 aromatic rings. The Morgan fingerprint density at radius 3 is 2.39 bits per heavy atom. The van der Waals surface area contributed by atoms with Gasteiger partial charge in [-0.3, -0.25) is 14.9 Å². The quantitative estimate of drug-likeness (QED) is 0.251. The number of aliphatic hydroxyl groups excluding tert-OH is 1. The summed E-state index contributed by atoms with van der Waals surface area (Å²) in [6, 6.07) is 21.9. The van der Waals surface area contributed by atoms with E-state index in [1.807, 2.05) is 0 Å². The summed E-state index contributed by atoms with van der Waals surface area (Å²) < 4.78 is 11.1. The van der Waals surface area contributed by atoms with Crippen molar-refractivity contribution in [3.8, 4) is 5.75 Å². The molecule has 9 heteroatoms. The van der Waals surface area contributed by atoms with Gasteiger partial charge in [0.05, 0.1) is 18.0 Å². The number of aliphatic hydroxyl groups is 1. The van der Waals surface area contributed by atoms with Crippen molar-refractivity contribution in [3.05, 3.63) is 102 Å². The summed E-state index contributed by atoms with van der Waals surface area (Å²) in [5, 5.41) is 14.0. The van der Waals surface area contributed by atoms with E-state index >= 15 is 0 Å². The summed E-state index contributed by atoms with van der Waals surface area (Å²) >= 11 is 0. The molecule has 0 radical (unpaired) electrons. The maximum Gasteiger partial charge on any atom is 0.414 e. The number of carbonyl (C=O) groups is 3. The van der Waals surface area contributed by atoms with Crippen molar-refractivity contribution < 1.29 is 29.0 Å². The first-order valence-electron chi connectivity index (χ1n) is 11.2. The molecule has 0 unspecified atom stereocenters. The molecule has 0 bridgehead atoms.